The zero-order valence-electron chi connectivity index (χ0n) is 7.63. The standard InChI is InChI=1S/C8H17NO2/c1-4-9(5-2,6-3)7-8(10)11/h4-7H2,1-3H3/p+1. The van der Waals surface area contributed by atoms with Crippen LogP contribution in [0, 0.1) is 0 Å². The van der Waals surface area contributed by atoms with Crippen molar-refractivity contribution in [3.05, 3.63) is 0 Å². The van der Waals surface area contributed by atoms with Gasteiger partial charge in [-0.15, -0.1) is 0 Å². The maximum absolute atomic E-state index is 10.5. The molecule has 0 unspecified atom stereocenters. The molecule has 11 heavy (non-hydrogen) atoms. The summed E-state index contributed by atoms with van der Waals surface area (Å²) in [4.78, 5) is 10.5. The van der Waals surface area contributed by atoms with Gasteiger partial charge in [0.1, 0.15) is 0 Å². The van der Waals surface area contributed by atoms with Crippen LogP contribution in [0.2, 0.25) is 0 Å². The van der Waals surface area contributed by atoms with Gasteiger partial charge in [0.15, 0.2) is 6.54 Å². The molecule has 0 rings (SSSR count). The third kappa shape index (κ3) is 2.89. The average Bonchev–Trinajstić information content (AvgIpc) is 2.00. The van der Waals surface area contributed by atoms with E-state index in [9.17, 15) is 4.79 Å². The second-order valence-electron chi connectivity index (χ2n) is 2.84. The smallest absolute Gasteiger partial charge is 0.359 e. The van der Waals surface area contributed by atoms with Gasteiger partial charge in [0.2, 0.25) is 0 Å². The Kier molecular flexibility index (Phi) is 4.11. The van der Waals surface area contributed by atoms with Crippen LogP contribution in [-0.4, -0.2) is 41.7 Å². The lowest BCUT2D eigenvalue weighted by atomic mass is 10.3. The molecule has 0 aromatic carbocycles. The fourth-order valence-corrected chi connectivity index (χ4v) is 1.29. The highest BCUT2D eigenvalue weighted by Gasteiger charge is 2.23. The largest absolute Gasteiger partial charge is 0.477 e. The van der Waals surface area contributed by atoms with E-state index >= 15 is 0 Å². The number of carboxylic acid groups (broad SMARTS) is 1. The molecule has 0 heterocycles. The normalized spacial score (nSPS) is 11.5. The van der Waals surface area contributed by atoms with Gasteiger partial charge in [0, 0.05) is 0 Å². The van der Waals surface area contributed by atoms with E-state index in [4.69, 9.17) is 5.11 Å². The molecule has 0 aliphatic carbocycles. The lowest BCUT2D eigenvalue weighted by molar-refractivity contribution is -0.916. The second kappa shape index (κ2) is 4.34. The highest BCUT2D eigenvalue weighted by molar-refractivity contribution is 5.67. The number of carboxylic acids is 1. The summed E-state index contributed by atoms with van der Waals surface area (Å²) in [5.74, 6) is -0.699. The van der Waals surface area contributed by atoms with E-state index in [0.29, 0.717) is 4.48 Å². The number of hydrogen-bond acceptors (Lipinski definition) is 1. The van der Waals surface area contributed by atoms with Gasteiger partial charge in [0.25, 0.3) is 0 Å². The Morgan fingerprint density at radius 1 is 1.18 bits per heavy atom. The van der Waals surface area contributed by atoms with Crippen LogP contribution < -0.4 is 0 Å². The molecule has 0 aromatic rings. The summed E-state index contributed by atoms with van der Waals surface area (Å²) in [6.07, 6.45) is 0. The topological polar surface area (TPSA) is 37.3 Å². The Morgan fingerprint density at radius 2 is 1.55 bits per heavy atom. The number of carbonyl (C=O) groups is 1. The molecule has 0 aromatic heterocycles. The summed E-state index contributed by atoms with van der Waals surface area (Å²) in [6, 6.07) is 0. The van der Waals surface area contributed by atoms with Crippen LogP contribution in [0.3, 0.4) is 0 Å². The summed E-state index contributed by atoms with van der Waals surface area (Å²) in [6.45, 7) is 9.07. The van der Waals surface area contributed by atoms with Crippen LogP contribution in [0.1, 0.15) is 20.8 Å². The van der Waals surface area contributed by atoms with Gasteiger partial charge in [-0.25, -0.2) is 4.79 Å². The predicted molar refractivity (Wildman–Crippen MR) is 44.4 cm³/mol. The van der Waals surface area contributed by atoms with Crippen molar-refractivity contribution >= 4 is 5.97 Å². The summed E-state index contributed by atoms with van der Waals surface area (Å²) < 4.78 is 0.690. The first-order valence-corrected chi connectivity index (χ1v) is 4.17. The van der Waals surface area contributed by atoms with E-state index in [1.807, 2.05) is 20.8 Å². The molecular formula is C8H18NO2+. The molecule has 3 heteroatoms. The van der Waals surface area contributed by atoms with E-state index in [1.54, 1.807) is 0 Å². The molecule has 0 fully saturated rings. The van der Waals surface area contributed by atoms with Crippen molar-refractivity contribution in [1.29, 1.82) is 0 Å². The van der Waals surface area contributed by atoms with Crippen molar-refractivity contribution in [1.82, 2.24) is 0 Å². The van der Waals surface area contributed by atoms with E-state index in [-0.39, 0.29) is 6.54 Å². The molecule has 0 atom stereocenters. The fourth-order valence-electron chi connectivity index (χ4n) is 1.29. The number of nitrogens with zero attached hydrogens (tertiary/aromatic N) is 1. The quantitative estimate of drug-likeness (QED) is 0.608. The summed E-state index contributed by atoms with van der Waals surface area (Å²) in [7, 11) is 0. The minimum atomic E-state index is -0.699. The predicted octanol–water partition coefficient (Wildman–Crippen LogP) is 0.948. The van der Waals surface area contributed by atoms with Crippen molar-refractivity contribution in [3.8, 4) is 0 Å². The Morgan fingerprint density at radius 3 is 1.64 bits per heavy atom. The van der Waals surface area contributed by atoms with E-state index < -0.39 is 5.97 Å². The molecule has 0 aliphatic rings. The molecule has 0 bridgehead atoms. The number of quaternary nitrogens is 1. The zero-order valence-corrected chi connectivity index (χ0v) is 7.63. The average molecular weight is 160 g/mol. The molecule has 0 aliphatic heterocycles. The van der Waals surface area contributed by atoms with Crippen LogP contribution in [0.25, 0.3) is 0 Å². The fraction of sp³-hybridized carbons (Fsp3) is 0.875. The Labute approximate surface area is 68.2 Å². The van der Waals surface area contributed by atoms with Gasteiger partial charge < -0.3 is 9.59 Å². The van der Waals surface area contributed by atoms with Crippen LogP contribution in [0.4, 0.5) is 0 Å². The first kappa shape index (κ1) is 10.4. The van der Waals surface area contributed by atoms with Gasteiger partial charge in [-0.3, -0.25) is 0 Å². The van der Waals surface area contributed by atoms with E-state index in [1.165, 1.54) is 0 Å². The van der Waals surface area contributed by atoms with Crippen molar-refractivity contribution < 1.29 is 14.4 Å². The van der Waals surface area contributed by atoms with E-state index in [2.05, 4.69) is 0 Å². The molecule has 66 valence electrons. The minimum Gasteiger partial charge on any atom is -0.477 e. The van der Waals surface area contributed by atoms with Crippen LogP contribution in [0.15, 0.2) is 0 Å². The number of hydrogen-bond donors (Lipinski definition) is 1. The highest BCUT2D eigenvalue weighted by atomic mass is 16.4. The Balaban J connectivity index is 4.16. The zero-order chi connectivity index (χ0) is 8.91. The molecule has 0 saturated heterocycles. The summed E-state index contributed by atoms with van der Waals surface area (Å²) in [5, 5.41) is 8.63. The van der Waals surface area contributed by atoms with Gasteiger partial charge in [-0.05, 0) is 20.8 Å². The molecule has 0 spiro atoms. The first-order chi connectivity index (χ1) is 5.10. The minimum absolute atomic E-state index is 0.253. The first-order valence-electron chi connectivity index (χ1n) is 4.17. The van der Waals surface area contributed by atoms with Crippen molar-refractivity contribution in [2.75, 3.05) is 26.2 Å². The summed E-state index contributed by atoms with van der Waals surface area (Å²) >= 11 is 0. The molecular weight excluding hydrogens is 142 g/mol. The summed E-state index contributed by atoms with van der Waals surface area (Å²) in [5.41, 5.74) is 0. The van der Waals surface area contributed by atoms with Gasteiger partial charge in [-0.2, -0.15) is 0 Å². The van der Waals surface area contributed by atoms with Crippen molar-refractivity contribution in [2.45, 2.75) is 20.8 Å². The lowest BCUT2D eigenvalue weighted by Gasteiger charge is -2.33. The maximum Gasteiger partial charge on any atom is 0.359 e. The van der Waals surface area contributed by atoms with Gasteiger partial charge in [-0.1, -0.05) is 0 Å². The van der Waals surface area contributed by atoms with Crippen LogP contribution in [-0.2, 0) is 4.79 Å². The number of rotatable bonds is 5. The third-order valence-corrected chi connectivity index (χ3v) is 2.48. The molecule has 3 nitrogen and oxygen atoms in total. The number of aliphatic carboxylic acids is 1. The highest BCUT2D eigenvalue weighted by Crippen LogP contribution is 2.04. The van der Waals surface area contributed by atoms with Crippen molar-refractivity contribution in [3.63, 3.8) is 0 Å². The monoisotopic (exact) mass is 160 g/mol. The molecule has 0 radical (unpaired) electrons. The second-order valence-corrected chi connectivity index (χ2v) is 2.84. The van der Waals surface area contributed by atoms with Crippen LogP contribution in [0.5, 0.6) is 0 Å². The number of likely N-dealkylation sites (N-methyl/N-ethyl adjacent to an activating group) is 1. The van der Waals surface area contributed by atoms with Gasteiger partial charge >= 0.3 is 5.97 Å². The lowest BCUT2D eigenvalue weighted by Crippen LogP contribution is -2.50. The van der Waals surface area contributed by atoms with Crippen molar-refractivity contribution in [2.24, 2.45) is 0 Å². The molecule has 0 saturated carbocycles. The van der Waals surface area contributed by atoms with E-state index in [0.717, 1.165) is 19.6 Å². The van der Waals surface area contributed by atoms with Crippen LogP contribution >= 0.6 is 0 Å². The Bertz CT molecular complexity index is 122. The Hall–Kier alpha value is -0.570. The maximum atomic E-state index is 10.5. The molecule has 1 N–H and O–H groups in total. The van der Waals surface area contributed by atoms with Gasteiger partial charge in [0.05, 0.1) is 19.6 Å². The third-order valence-electron chi connectivity index (χ3n) is 2.48. The molecule has 0 amide bonds. The SMILES string of the molecule is CC[N+](CC)(CC)CC(=O)O.